The number of hydrogen-bond acceptors (Lipinski definition) is 4. The Hall–Kier alpha value is -2.11. The van der Waals surface area contributed by atoms with Crippen molar-refractivity contribution in [1.82, 2.24) is 10.6 Å². The molecule has 19 heavy (non-hydrogen) atoms. The highest BCUT2D eigenvalue weighted by Gasteiger charge is 2.18. The van der Waals surface area contributed by atoms with Gasteiger partial charge < -0.3 is 15.4 Å². The number of amides is 2. The minimum Gasteiger partial charge on any atom is -0.492 e. The smallest absolute Gasteiger partial charge is 0.258 e. The third-order valence-electron chi connectivity index (χ3n) is 2.27. The van der Waals surface area contributed by atoms with E-state index in [2.05, 4.69) is 28.8 Å². The topological polar surface area (TPSA) is 79.8 Å². The van der Waals surface area contributed by atoms with E-state index in [1.807, 2.05) is 0 Å². The lowest BCUT2D eigenvalue weighted by atomic mass is 10.1. The molecule has 2 N–H and O–H groups in total. The number of nitrogens with one attached hydrogen (secondary N) is 2. The van der Waals surface area contributed by atoms with Crippen molar-refractivity contribution >= 4 is 18.0 Å². The van der Waals surface area contributed by atoms with Crippen molar-refractivity contribution in [2.45, 2.75) is 25.3 Å². The van der Waals surface area contributed by atoms with Crippen LogP contribution >= 0.6 is 0 Å². The maximum Gasteiger partial charge on any atom is 0.258 e. The van der Waals surface area contributed by atoms with Gasteiger partial charge in [-0.15, -0.1) is 0 Å². The molecule has 0 aliphatic heterocycles. The first kappa shape index (κ1) is 16.9. The van der Waals surface area contributed by atoms with E-state index >= 15 is 0 Å². The second-order valence-electron chi connectivity index (χ2n) is 3.66. The number of rotatable bonds is 10. The van der Waals surface area contributed by atoms with E-state index in [9.17, 15) is 9.59 Å². The molecule has 0 heterocycles. The van der Waals surface area contributed by atoms with Crippen LogP contribution in [0, 0.1) is 0 Å². The number of aliphatic imine (C=N–C) groups is 1. The van der Waals surface area contributed by atoms with E-state index in [1.165, 1.54) is 19.5 Å². The van der Waals surface area contributed by atoms with E-state index in [-0.39, 0.29) is 18.4 Å². The lowest BCUT2D eigenvalue weighted by Crippen LogP contribution is -2.46. The lowest BCUT2D eigenvalue weighted by molar-refractivity contribution is -0.130. The van der Waals surface area contributed by atoms with Gasteiger partial charge in [-0.3, -0.25) is 14.6 Å². The number of unbranched alkanes of at least 4 members (excludes halogenated alkanes) is 1. The molecule has 0 spiro atoms. The largest absolute Gasteiger partial charge is 0.492 e. The summed E-state index contributed by atoms with van der Waals surface area (Å²) in [5.41, 5.74) is 0. The minimum absolute atomic E-state index is 0.144. The van der Waals surface area contributed by atoms with Gasteiger partial charge in [0, 0.05) is 19.5 Å². The third kappa shape index (κ3) is 8.59. The Morgan fingerprint density at radius 1 is 1.42 bits per heavy atom. The summed E-state index contributed by atoms with van der Waals surface area (Å²) in [5.74, 6) is -0.583. The van der Waals surface area contributed by atoms with Crippen LogP contribution in [-0.2, 0) is 14.3 Å². The zero-order chi connectivity index (χ0) is 14.5. The monoisotopic (exact) mass is 267 g/mol. The number of carbonyl (C=O) groups excluding carboxylic acids is 2. The standard InChI is InChI=1S/C13H21N3O3/c1-4-15-9-7-6-8-11(13(18)14-3)16-12(17)10-19-5-2/h4-5,9,11H,1-2,6-8,10H2,3H3,(H,14,18)(H,16,17)/b15-9-/t11-/m0/s1. The van der Waals surface area contributed by atoms with Crippen LogP contribution in [0.2, 0.25) is 0 Å². The van der Waals surface area contributed by atoms with Crippen molar-refractivity contribution in [3.8, 4) is 0 Å². The first-order valence-electron chi connectivity index (χ1n) is 6.01. The summed E-state index contributed by atoms with van der Waals surface area (Å²) in [4.78, 5) is 26.9. The molecule has 0 aliphatic rings. The van der Waals surface area contributed by atoms with Gasteiger partial charge in [0.25, 0.3) is 5.91 Å². The van der Waals surface area contributed by atoms with Crippen molar-refractivity contribution < 1.29 is 14.3 Å². The van der Waals surface area contributed by atoms with Crippen LogP contribution < -0.4 is 10.6 Å². The molecule has 0 radical (unpaired) electrons. The van der Waals surface area contributed by atoms with Gasteiger partial charge in [-0.1, -0.05) is 13.2 Å². The van der Waals surface area contributed by atoms with Crippen LogP contribution in [0.25, 0.3) is 0 Å². The van der Waals surface area contributed by atoms with E-state index in [1.54, 1.807) is 6.21 Å². The third-order valence-corrected chi connectivity index (χ3v) is 2.27. The Labute approximate surface area is 113 Å². The first-order valence-corrected chi connectivity index (χ1v) is 6.01. The predicted octanol–water partition coefficient (Wildman–Crippen LogP) is 0.762. The van der Waals surface area contributed by atoms with Crippen molar-refractivity contribution in [2.75, 3.05) is 13.7 Å². The van der Waals surface area contributed by atoms with Gasteiger partial charge in [-0.05, 0) is 19.3 Å². The molecular formula is C13H21N3O3. The molecule has 0 aromatic rings. The van der Waals surface area contributed by atoms with Gasteiger partial charge in [-0.25, -0.2) is 0 Å². The summed E-state index contributed by atoms with van der Waals surface area (Å²) < 4.78 is 4.76. The number of hydrogen-bond donors (Lipinski definition) is 2. The van der Waals surface area contributed by atoms with E-state index in [0.29, 0.717) is 6.42 Å². The SMILES string of the molecule is C=C/N=C\CCC[C@H](NC(=O)COC=C)C(=O)NC. The quantitative estimate of drug-likeness (QED) is 0.348. The summed E-state index contributed by atoms with van der Waals surface area (Å²) >= 11 is 0. The zero-order valence-electron chi connectivity index (χ0n) is 11.2. The molecule has 0 bridgehead atoms. The Morgan fingerprint density at radius 2 is 2.16 bits per heavy atom. The summed E-state index contributed by atoms with van der Waals surface area (Å²) in [6, 6.07) is -0.567. The highest BCUT2D eigenvalue weighted by Crippen LogP contribution is 2.00. The Kier molecular flexibility index (Phi) is 9.79. The van der Waals surface area contributed by atoms with Crippen molar-refractivity contribution in [2.24, 2.45) is 4.99 Å². The highest BCUT2D eigenvalue weighted by molar-refractivity contribution is 5.87. The van der Waals surface area contributed by atoms with Gasteiger partial charge in [0.2, 0.25) is 5.91 Å². The fourth-order valence-electron chi connectivity index (χ4n) is 1.38. The van der Waals surface area contributed by atoms with Gasteiger partial charge in [0.1, 0.15) is 6.04 Å². The fraction of sp³-hybridized carbons (Fsp3) is 0.462. The molecule has 1 atom stereocenters. The first-order chi connectivity index (χ1) is 9.15. The normalized spacial score (nSPS) is 11.6. The molecule has 0 saturated carbocycles. The van der Waals surface area contributed by atoms with Crippen molar-refractivity contribution in [3.05, 3.63) is 25.6 Å². The Bertz CT molecular complexity index is 340. The van der Waals surface area contributed by atoms with E-state index in [4.69, 9.17) is 4.74 Å². The predicted molar refractivity (Wildman–Crippen MR) is 74.7 cm³/mol. The molecule has 106 valence electrons. The molecule has 0 aromatic carbocycles. The summed E-state index contributed by atoms with van der Waals surface area (Å²) in [6.07, 6.45) is 6.33. The van der Waals surface area contributed by atoms with E-state index in [0.717, 1.165) is 12.8 Å². The molecule has 0 rings (SSSR count). The number of carbonyl (C=O) groups is 2. The van der Waals surface area contributed by atoms with Gasteiger partial charge >= 0.3 is 0 Å². The van der Waals surface area contributed by atoms with Crippen LogP contribution in [0.3, 0.4) is 0 Å². The minimum atomic E-state index is -0.567. The molecule has 0 aliphatic carbocycles. The Balaban J connectivity index is 4.19. The van der Waals surface area contributed by atoms with Gasteiger partial charge in [0.15, 0.2) is 6.61 Å². The van der Waals surface area contributed by atoms with Crippen molar-refractivity contribution in [3.63, 3.8) is 0 Å². The van der Waals surface area contributed by atoms with Gasteiger partial charge in [-0.2, -0.15) is 0 Å². The van der Waals surface area contributed by atoms with Crippen LogP contribution in [-0.4, -0.2) is 37.7 Å². The molecule has 6 heteroatoms. The maximum atomic E-state index is 11.6. The van der Waals surface area contributed by atoms with Crippen LogP contribution in [0.15, 0.2) is 30.6 Å². The fourth-order valence-corrected chi connectivity index (χ4v) is 1.38. The maximum absolute atomic E-state index is 11.6. The molecular weight excluding hydrogens is 246 g/mol. The molecule has 6 nitrogen and oxygen atoms in total. The van der Waals surface area contributed by atoms with Crippen LogP contribution in [0.4, 0.5) is 0 Å². The second kappa shape index (κ2) is 11.0. The zero-order valence-corrected chi connectivity index (χ0v) is 11.2. The average molecular weight is 267 g/mol. The van der Waals surface area contributed by atoms with Crippen LogP contribution in [0.5, 0.6) is 0 Å². The van der Waals surface area contributed by atoms with E-state index < -0.39 is 6.04 Å². The second-order valence-corrected chi connectivity index (χ2v) is 3.66. The molecule has 0 fully saturated rings. The summed E-state index contributed by atoms with van der Waals surface area (Å²) in [5, 5.41) is 5.12. The van der Waals surface area contributed by atoms with Crippen molar-refractivity contribution in [1.29, 1.82) is 0 Å². The molecule has 0 saturated heterocycles. The van der Waals surface area contributed by atoms with Crippen LogP contribution in [0.1, 0.15) is 19.3 Å². The number of likely N-dealkylation sites (N-methyl/N-ethyl adjacent to an activating group) is 1. The molecule has 0 unspecified atom stereocenters. The summed E-state index contributed by atoms with van der Waals surface area (Å²) in [7, 11) is 1.53. The molecule has 2 amide bonds. The Morgan fingerprint density at radius 3 is 2.74 bits per heavy atom. The summed E-state index contributed by atoms with van der Waals surface area (Å²) in [6.45, 7) is 6.65. The molecule has 0 aromatic heterocycles. The number of ether oxygens (including phenoxy) is 1. The van der Waals surface area contributed by atoms with Gasteiger partial charge in [0.05, 0.1) is 6.26 Å². The highest BCUT2D eigenvalue weighted by atomic mass is 16.5. The lowest BCUT2D eigenvalue weighted by Gasteiger charge is -2.16. The average Bonchev–Trinajstić information content (AvgIpc) is 2.42. The number of nitrogens with zero attached hydrogens (tertiary/aromatic N) is 1.